The Hall–Kier alpha value is -2.78. The van der Waals surface area contributed by atoms with E-state index in [0.29, 0.717) is 0 Å². The molecule has 0 heterocycles. The van der Waals surface area contributed by atoms with Gasteiger partial charge in [-0.3, -0.25) is 14.4 Å². The minimum atomic E-state index is -1.30. The van der Waals surface area contributed by atoms with Crippen molar-refractivity contribution in [3.63, 3.8) is 0 Å². The molecular weight excluding hydrogens is 536 g/mol. The fourth-order valence-corrected chi connectivity index (χ4v) is 2.85. The Morgan fingerprint density at radius 1 is 0.525 bits per heavy atom. The van der Waals surface area contributed by atoms with Crippen LogP contribution in [0.4, 0.5) is 0 Å². The summed E-state index contributed by atoms with van der Waals surface area (Å²) >= 11 is 0. The predicted octanol–water partition coefficient (Wildman–Crippen LogP) is -0.136. The predicted molar refractivity (Wildman–Crippen MR) is 136 cm³/mol. The topological polar surface area (TPSA) is 198 Å². The maximum Gasteiger partial charge on any atom is 0.374 e. The minimum absolute atomic E-state index is 0.0222. The van der Waals surface area contributed by atoms with Crippen LogP contribution in [0.1, 0.15) is 59.3 Å². The van der Waals surface area contributed by atoms with Crippen molar-refractivity contribution in [3.05, 3.63) is 0 Å². The van der Waals surface area contributed by atoms with Crippen LogP contribution in [0, 0.1) is 0 Å². The van der Waals surface area contributed by atoms with Crippen molar-refractivity contribution >= 4 is 35.3 Å². The summed E-state index contributed by atoms with van der Waals surface area (Å²) in [5.41, 5.74) is 0. The van der Waals surface area contributed by atoms with Gasteiger partial charge in [-0.05, 0) is 0 Å². The van der Waals surface area contributed by atoms with E-state index in [1.807, 2.05) is 0 Å². The Morgan fingerprint density at radius 2 is 0.850 bits per heavy atom. The number of ketones is 3. The second-order valence-electron chi connectivity index (χ2n) is 8.42. The zero-order valence-corrected chi connectivity index (χ0v) is 23.4. The highest BCUT2D eigenvalue weighted by molar-refractivity contribution is 6.34. The molecule has 0 aromatic rings. The fraction of sp³-hybridized carbons (Fsp3) is 0.769. The average Bonchev–Trinajstić information content (AvgIpc) is 2.96. The van der Waals surface area contributed by atoms with Gasteiger partial charge in [0.25, 0.3) is 0 Å². The smallest absolute Gasteiger partial charge is 0.374 e. The summed E-state index contributed by atoms with van der Waals surface area (Å²) in [4.78, 5) is 67.8. The number of aliphatic hydroxyl groups is 2. The summed E-state index contributed by atoms with van der Waals surface area (Å²) < 4.78 is 30.7. The molecule has 0 radical (unpaired) electrons. The van der Waals surface area contributed by atoms with Crippen molar-refractivity contribution in [2.45, 2.75) is 77.6 Å². The van der Waals surface area contributed by atoms with Gasteiger partial charge in [-0.2, -0.15) is 0 Å². The molecule has 0 aromatic heterocycles. The number of aliphatic hydroxyl groups excluding tert-OH is 2. The van der Waals surface area contributed by atoms with Crippen LogP contribution < -0.4 is 0 Å². The molecule has 40 heavy (non-hydrogen) atoms. The van der Waals surface area contributed by atoms with E-state index in [1.54, 1.807) is 13.8 Å². The second-order valence-corrected chi connectivity index (χ2v) is 8.42. The number of ether oxygens (including phenoxy) is 6. The van der Waals surface area contributed by atoms with Crippen molar-refractivity contribution in [1.29, 1.82) is 0 Å². The third kappa shape index (κ3) is 17.0. The molecule has 0 aromatic carbocycles. The largest absolute Gasteiger partial charge is 0.460 e. The van der Waals surface area contributed by atoms with Crippen molar-refractivity contribution in [1.82, 2.24) is 0 Å². The number of hydrogen-bond donors (Lipinski definition) is 2. The van der Waals surface area contributed by atoms with E-state index < -0.39 is 53.6 Å². The van der Waals surface area contributed by atoms with Crippen LogP contribution in [0.2, 0.25) is 0 Å². The first kappa shape index (κ1) is 37.2. The summed E-state index contributed by atoms with van der Waals surface area (Å²) in [6.45, 7) is 4.08. The molecule has 2 atom stereocenters. The van der Waals surface area contributed by atoms with Crippen molar-refractivity contribution in [2.24, 2.45) is 0 Å². The van der Waals surface area contributed by atoms with Crippen LogP contribution in [0.15, 0.2) is 0 Å². The third-order valence-corrected chi connectivity index (χ3v) is 5.15. The summed E-state index contributed by atoms with van der Waals surface area (Å²) in [5.74, 6) is -4.71. The first-order valence-corrected chi connectivity index (χ1v) is 13.3. The Kier molecular flexibility index (Phi) is 21.4. The van der Waals surface area contributed by atoms with Gasteiger partial charge in [0, 0.05) is 51.7 Å². The summed E-state index contributed by atoms with van der Waals surface area (Å²) in [5, 5.41) is 21.1. The van der Waals surface area contributed by atoms with Gasteiger partial charge in [0.15, 0.2) is 0 Å². The third-order valence-electron chi connectivity index (χ3n) is 5.15. The second kappa shape index (κ2) is 23.0. The molecule has 0 aliphatic heterocycles. The number of esters is 3. The molecule has 0 aliphatic carbocycles. The number of carbonyl (C=O) groups is 6. The lowest BCUT2D eigenvalue weighted by atomic mass is 10.1. The van der Waals surface area contributed by atoms with Crippen LogP contribution >= 0.6 is 0 Å². The Balaban J connectivity index is 4.60. The monoisotopic (exact) mass is 578 g/mol. The zero-order valence-electron chi connectivity index (χ0n) is 23.4. The molecule has 0 bridgehead atoms. The number of hydrogen-bond acceptors (Lipinski definition) is 14. The van der Waals surface area contributed by atoms with Gasteiger partial charge in [0.05, 0.1) is 39.6 Å². The molecule has 0 rings (SSSR count). The maximum atomic E-state index is 11.4. The Morgan fingerprint density at radius 3 is 1.18 bits per heavy atom. The van der Waals surface area contributed by atoms with E-state index in [9.17, 15) is 39.0 Å². The average molecular weight is 579 g/mol. The first-order valence-electron chi connectivity index (χ1n) is 13.3. The fourth-order valence-electron chi connectivity index (χ4n) is 2.85. The number of Topliss-reactive ketones (excluding diaryl/α,β-unsaturated/α-hetero) is 3. The lowest BCUT2D eigenvalue weighted by Gasteiger charge is -2.27. The molecule has 2 N–H and O–H groups in total. The SMILES string of the molecule is CCC(=O)C(=O)OCCCOCC(O)C(OCCCOC(=O)C(=O)CC)C(O)COCCCOC(=O)C(=O)CC. The van der Waals surface area contributed by atoms with E-state index in [2.05, 4.69) is 0 Å². The molecule has 230 valence electrons. The molecule has 0 spiro atoms. The Bertz CT molecular complexity index is 750. The molecule has 0 saturated heterocycles. The first-order chi connectivity index (χ1) is 19.1. The summed E-state index contributed by atoms with van der Waals surface area (Å²) in [6.07, 6.45) is -2.93. The van der Waals surface area contributed by atoms with E-state index >= 15 is 0 Å². The number of carbonyl (C=O) groups excluding carboxylic acids is 6. The molecule has 2 unspecified atom stereocenters. The van der Waals surface area contributed by atoms with Crippen molar-refractivity contribution < 1.29 is 67.4 Å². The van der Waals surface area contributed by atoms with E-state index in [4.69, 9.17) is 28.4 Å². The van der Waals surface area contributed by atoms with Gasteiger partial charge in [-0.1, -0.05) is 20.8 Å². The maximum absolute atomic E-state index is 11.4. The Labute approximate surface area is 233 Å². The van der Waals surface area contributed by atoms with Crippen molar-refractivity contribution in [2.75, 3.05) is 52.9 Å². The van der Waals surface area contributed by atoms with E-state index in [0.717, 1.165) is 0 Å². The van der Waals surface area contributed by atoms with Crippen LogP contribution in [-0.4, -0.2) is 117 Å². The minimum Gasteiger partial charge on any atom is -0.460 e. The van der Waals surface area contributed by atoms with Gasteiger partial charge in [-0.15, -0.1) is 0 Å². The standard InChI is InChI=1S/C26H42O14/c1-4-18(27)24(32)38-13-7-10-35-16-21(30)23(37-12-9-15-40-26(34)20(29)6-3)22(31)17-36-11-8-14-39-25(33)19(28)5-2/h21-23,30-31H,4-17H2,1-3H3. The van der Waals surface area contributed by atoms with Gasteiger partial charge in [0.2, 0.25) is 17.3 Å². The van der Waals surface area contributed by atoms with Crippen LogP contribution in [0.3, 0.4) is 0 Å². The number of rotatable bonds is 25. The molecule has 0 saturated carbocycles. The lowest BCUT2D eigenvalue weighted by Crippen LogP contribution is -2.45. The molecule has 14 nitrogen and oxygen atoms in total. The molecule has 0 aliphatic rings. The van der Waals surface area contributed by atoms with Crippen LogP contribution in [0.5, 0.6) is 0 Å². The van der Waals surface area contributed by atoms with Gasteiger partial charge in [0.1, 0.15) is 18.3 Å². The van der Waals surface area contributed by atoms with Crippen LogP contribution in [-0.2, 0) is 57.2 Å². The van der Waals surface area contributed by atoms with Gasteiger partial charge in [-0.25, -0.2) is 14.4 Å². The molecule has 0 fully saturated rings. The highest BCUT2D eigenvalue weighted by Gasteiger charge is 2.28. The summed E-state index contributed by atoms with van der Waals surface area (Å²) in [6, 6.07) is 0. The van der Waals surface area contributed by atoms with E-state index in [-0.39, 0.29) is 91.4 Å². The summed E-state index contributed by atoms with van der Waals surface area (Å²) in [7, 11) is 0. The van der Waals surface area contributed by atoms with Crippen molar-refractivity contribution in [3.8, 4) is 0 Å². The molecule has 0 amide bonds. The molecule has 14 heteroatoms. The highest BCUT2D eigenvalue weighted by atomic mass is 16.6. The van der Waals surface area contributed by atoms with Gasteiger partial charge >= 0.3 is 17.9 Å². The van der Waals surface area contributed by atoms with Gasteiger partial charge < -0.3 is 38.6 Å². The highest BCUT2D eigenvalue weighted by Crippen LogP contribution is 2.09. The molecular formula is C26H42O14. The van der Waals surface area contributed by atoms with E-state index in [1.165, 1.54) is 6.92 Å². The van der Waals surface area contributed by atoms with Crippen LogP contribution in [0.25, 0.3) is 0 Å². The quantitative estimate of drug-likeness (QED) is 0.0628. The zero-order chi connectivity index (χ0) is 30.3. The normalized spacial score (nSPS) is 13.1. The lowest BCUT2D eigenvalue weighted by molar-refractivity contribution is -0.156.